The second-order valence-electron chi connectivity index (χ2n) is 7.52. The van der Waals surface area contributed by atoms with Crippen LogP contribution in [0.2, 0.25) is 0 Å². The molecule has 1 N–H and O–H groups in total. The van der Waals surface area contributed by atoms with Crippen molar-refractivity contribution in [2.24, 2.45) is 0 Å². The lowest BCUT2D eigenvalue weighted by Gasteiger charge is -2.18. The van der Waals surface area contributed by atoms with Gasteiger partial charge in [0.1, 0.15) is 5.75 Å². The van der Waals surface area contributed by atoms with Gasteiger partial charge in [0.2, 0.25) is 0 Å². The van der Waals surface area contributed by atoms with Crippen molar-refractivity contribution < 1.29 is 4.74 Å². The molecule has 0 bridgehead atoms. The second kappa shape index (κ2) is 6.85. The van der Waals surface area contributed by atoms with Crippen molar-refractivity contribution in [1.29, 1.82) is 0 Å². The number of likely N-dealkylation sites (tertiary alicyclic amines) is 1. The highest BCUT2D eigenvalue weighted by atomic mass is 16.5. The molecular weight excluding hydrogens is 340 g/mol. The molecule has 2 aromatic heterocycles. The molecule has 0 spiro atoms. The number of nitrogens with one attached hydrogen (secondary N) is 1. The summed E-state index contributed by atoms with van der Waals surface area (Å²) in [6, 6.07) is 8.32. The van der Waals surface area contributed by atoms with E-state index in [0.29, 0.717) is 17.1 Å². The van der Waals surface area contributed by atoms with Gasteiger partial charge in [0.15, 0.2) is 5.65 Å². The van der Waals surface area contributed by atoms with Crippen molar-refractivity contribution in [3.63, 3.8) is 0 Å². The van der Waals surface area contributed by atoms with Crippen molar-refractivity contribution in [3.05, 3.63) is 62.7 Å². The Kier molecular flexibility index (Phi) is 4.52. The van der Waals surface area contributed by atoms with Crippen LogP contribution in [-0.4, -0.2) is 39.7 Å². The molecule has 1 atom stereocenters. The molecule has 0 saturated carbocycles. The van der Waals surface area contributed by atoms with E-state index in [2.05, 4.69) is 40.1 Å². The molecule has 3 aromatic rings. The molecule has 6 heteroatoms. The molecule has 142 valence electrons. The number of aromatic amines is 1. The highest BCUT2D eigenvalue weighted by molar-refractivity contribution is 5.43. The molecular formula is C21H26N4O2. The lowest BCUT2D eigenvalue weighted by molar-refractivity contribution is 0.316. The minimum atomic E-state index is -0.0110. The maximum absolute atomic E-state index is 12.5. The highest BCUT2D eigenvalue weighted by Gasteiger charge is 2.26. The van der Waals surface area contributed by atoms with Crippen molar-refractivity contribution in [2.45, 2.75) is 39.7 Å². The van der Waals surface area contributed by atoms with E-state index in [4.69, 9.17) is 4.74 Å². The van der Waals surface area contributed by atoms with E-state index in [0.717, 1.165) is 48.8 Å². The Morgan fingerprint density at radius 2 is 2.11 bits per heavy atom. The Bertz CT molecular complexity index is 1050. The number of hydrogen-bond acceptors (Lipinski definition) is 4. The normalized spacial score (nSPS) is 17.7. The number of aryl methyl sites for hydroxylation is 2. The average molecular weight is 366 g/mol. The van der Waals surface area contributed by atoms with Gasteiger partial charge in [-0.1, -0.05) is 18.2 Å². The number of aromatic nitrogens is 3. The van der Waals surface area contributed by atoms with Crippen molar-refractivity contribution >= 4 is 5.65 Å². The molecule has 1 aliphatic heterocycles. The van der Waals surface area contributed by atoms with Gasteiger partial charge < -0.3 is 4.74 Å². The summed E-state index contributed by atoms with van der Waals surface area (Å²) in [5, 5.41) is 3.28. The van der Waals surface area contributed by atoms with Gasteiger partial charge in [-0.2, -0.15) is 0 Å². The number of para-hydroxylation sites is 1. The first-order valence-corrected chi connectivity index (χ1v) is 9.41. The molecule has 3 heterocycles. The zero-order valence-electron chi connectivity index (χ0n) is 16.4. The first-order valence-electron chi connectivity index (χ1n) is 9.41. The van der Waals surface area contributed by atoms with Gasteiger partial charge in [0.05, 0.1) is 7.11 Å². The van der Waals surface area contributed by atoms with E-state index in [1.54, 1.807) is 11.6 Å². The Labute approximate surface area is 158 Å². The molecule has 1 saturated heterocycles. The van der Waals surface area contributed by atoms with Gasteiger partial charge in [-0.25, -0.2) is 9.50 Å². The van der Waals surface area contributed by atoms with Gasteiger partial charge >= 0.3 is 0 Å². The molecule has 1 aromatic carbocycles. The van der Waals surface area contributed by atoms with Crippen LogP contribution in [0.5, 0.6) is 5.75 Å². The van der Waals surface area contributed by atoms with E-state index in [1.165, 1.54) is 5.56 Å². The van der Waals surface area contributed by atoms with Gasteiger partial charge in [-0.15, -0.1) is 0 Å². The first-order chi connectivity index (χ1) is 13.0. The van der Waals surface area contributed by atoms with Crippen LogP contribution >= 0.6 is 0 Å². The van der Waals surface area contributed by atoms with E-state index >= 15 is 0 Å². The fourth-order valence-electron chi connectivity index (χ4n) is 4.05. The van der Waals surface area contributed by atoms with E-state index in [1.807, 2.05) is 19.9 Å². The van der Waals surface area contributed by atoms with Gasteiger partial charge in [-0.05, 0) is 39.3 Å². The molecule has 0 aliphatic carbocycles. The van der Waals surface area contributed by atoms with Crippen molar-refractivity contribution in [2.75, 3.05) is 20.2 Å². The van der Waals surface area contributed by atoms with Gasteiger partial charge in [-0.3, -0.25) is 14.8 Å². The number of H-pyrrole nitrogens is 1. The summed E-state index contributed by atoms with van der Waals surface area (Å²) in [5.74, 6) is 1.36. The van der Waals surface area contributed by atoms with Crippen LogP contribution in [0.25, 0.3) is 5.65 Å². The second-order valence-corrected chi connectivity index (χ2v) is 7.52. The lowest BCUT2D eigenvalue weighted by atomic mass is 10.1. The third-order valence-corrected chi connectivity index (χ3v) is 5.71. The zero-order chi connectivity index (χ0) is 19.1. The molecule has 0 unspecified atom stereocenters. The highest BCUT2D eigenvalue weighted by Crippen LogP contribution is 2.30. The minimum absolute atomic E-state index is 0.0110. The third-order valence-electron chi connectivity index (χ3n) is 5.71. The van der Waals surface area contributed by atoms with E-state index in [9.17, 15) is 4.79 Å². The van der Waals surface area contributed by atoms with E-state index < -0.39 is 0 Å². The number of nitrogens with zero attached hydrogens (tertiary/aromatic N) is 3. The molecule has 1 aliphatic rings. The maximum Gasteiger partial charge on any atom is 0.275 e. The monoisotopic (exact) mass is 366 g/mol. The number of ether oxygens (including phenoxy) is 1. The fraction of sp³-hybridized carbons (Fsp3) is 0.429. The van der Waals surface area contributed by atoms with Crippen LogP contribution in [0.1, 0.15) is 40.4 Å². The SMILES string of the molecule is COc1c(C)cccc1CN1CC[C@@H](c2cc3nc(C)c(C)c(=O)n3[nH]2)C1. The van der Waals surface area contributed by atoms with Crippen LogP contribution in [0.15, 0.2) is 29.1 Å². The number of hydrogen-bond donors (Lipinski definition) is 1. The maximum atomic E-state index is 12.5. The third kappa shape index (κ3) is 3.14. The predicted molar refractivity (Wildman–Crippen MR) is 106 cm³/mol. The molecule has 27 heavy (non-hydrogen) atoms. The first kappa shape index (κ1) is 17.8. The number of benzene rings is 1. The Hall–Kier alpha value is -2.60. The standard InChI is InChI=1S/C21H26N4O2/c1-13-6-5-7-17(20(13)27-4)12-24-9-8-16(11-24)18-10-19-22-15(3)14(2)21(26)25(19)23-18/h5-7,10,16,23H,8-9,11-12H2,1-4H3/t16-/m1/s1. The zero-order valence-corrected chi connectivity index (χ0v) is 16.4. The van der Waals surface area contributed by atoms with Crippen LogP contribution in [-0.2, 0) is 6.54 Å². The number of methoxy groups -OCH3 is 1. The van der Waals surface area contributed by atoms with Crippen LogP contribution in [0, 0.1) is 20.8 Å². The summed E-state index contributed by atoms with van der Waals surface area (Å²) in [5.41, 5.74) is 5.66. The van der Waals surface area contributed by atoms with E-state index in [-0.39, 0.29) is 5.56 Å². The van der Waals surface area contributed by atoms with Crippen molar-refractivity contribution in [3.8, 4) is 5.75 Å². The lowest BCUT2D eigenvalue weighted by Crippen LogP contribution is -2.21. The summed E-state index contributed by atoms with van der Waals surface area (Å²) in [6.45, 7) is 8.64. The Morgan fingerprint density at radius 1 is 1.30 bits per heavy atom. The quantitative estimate of drug-likeness (QED) is 0.771. The van der Waals surface area contributed by atoms with Crippen LogP contribution in [0.4, 0.5) is 0 Å². The molecule has 0 radical (unpaired) electrons. The smallest absolute Gasteiger partial charge is 0.275 e. The average Bonchev–Trinajstić information content (AvgIpc) is 3.27. The largest absolute Gasteiger partial charge is 0.496 e. The predicted octanol–water partition coefficient (Wildman–Crippen LogP) is 2.95. The fourth-order valence-corrected chi connectivity index (χ4v) is 4.05. The Balaban J connectivity index is 1.55. The molecule has 6 nitrogen and oxygen atoms in total. The summed E-state index contributed by atoms with van der Waals surface area (Å²) in [7, 11) is 1.73. The topological polar surface area (TPSA) is 62.6 Å². The van der Waals surface area contributed by atoms with Gasteiger partial charge in [0.25, 0.3) is 5.56 Å². The van der Waals surface area contributed by atoms with Crippen LogP contribution < -0.4 is 10.3 Å². The summed E-state index contributed by atoms with van der Waals surface area (Å²) in [4.78, 5) is 19.4. The minimum Gasteiger partial charge on any atom is -0.496 e. The van der Waals surface area contributed by atoms with Gasteiger partial charge in [0, 0.05) is 47.6 Å². The summed E-state index contributed by atoms with van der Waals surface area (Å²) < 4.78 is 7.17. The molecule has 0 amide bonds. The molecule has 1 fully saturated rings. The van der Waals surface area contributed by atoms with Crippen molar-refractivity contribution in [1.82, 2.24) is 19.5 Å². The number of rotatable bonds is 4. The summed E-state index contributed by atoms with van der Waals surface area (Å²) in [6.07, 6.45) is 1.06. The summed E-state index contributed by atoms with van der Waals surface area (Å²) >= 11 is 0. The Morgan fingerprint density at radius 3 is 2.89 bits per heavy atom. The molecule has 4 rings (SSSR count). The van der Waals surface area contributed by atoms with Crippen LogP contribution in [0.3, 0.4) is 0 Å². The number of fused-ring (bicyclic) bond motifs is 1.